The van der Waals surface area contributed by atoms with Crippen LogP contribution in [0.3, 0.4) is 0 Å². The summed E-state index contributed by atoms with van der Waals surface area (Å²) in [6.07, 6.45) is 14.6. The van der Waals surface area contributed by atoms with Crippen molar-refractivity contribution < 1.29 is 14.3 Å². The van der Waals surface area contributed by atoms with Crippen LogP contribution < -0.4 is 15.4 Å². The Balaban J connectivity index is 1.83. The van der Waals surface area contributed by atoms with E-state index in [2.05, 4.69) is 30.7 Å². The van der Waals surface area contributed by atoms with E-state index in [9.17, 15) is 9.59 Å². The minimum Gasteiger partial charge on any atom is -0.494 e. The van der Waals surface area contributed by atoms with Crippen LogP contribution in [-0.4, -0.2) is 42.7 Å². The van der Waals surface area contributed by atoms with Crippen LogP contribution in [0.4, 0.5) is 5.69 Å². The largest absolute Gasteiger partial charge is 0.494 e. The quantitative estimate of drug-likeness (QED) is 0.126. The molecule has 0 aliphatic heterocycles. The fourth-order valence-corrected chi connectivity index (χ4v) is 5.24. The summed E-state index contributed by atoms with van der Waals surface area (Å²) in [6, 6.07) is 12.8. The summed E-state index contributed by atoms with van der Waals surface area (Å²) >= 11 is 3.40. The van der Waals surface area contributed by atoms with E-state index in [4.69, 9.17) is 4.74 Å². The molecule has 0 radical (unpaired) electrons. The first kappa shape index (κ1) is 32.1. The van der Waals surface area contributed by atoms with E-state index < -0.39 is 0 Å². The lowest BCUT2D eigenvalue weighted by Gasteiger charge is -2.13. The van der Waals surface area contributed by atoms with Crippen molar-refractivity contribution in [2.24, 2.45) is 0 Å². The van der Waals surface area contributed by atoms with Gasteiger partial charge >= 0.3 is 0 Å². The summed E-state index contributed by atoms with van der Waals surface area (Å²) < 4.78 is 5.88. The molecule has 0 heterocycles. The summed E-state index contributed by atoms with van der Waals surface area (Å²) in [5.74, 6) is 2.34. The number of carbonyl (C=O) groups is 2. The van der Waals surface area contributed by atoms with E-state index in [0.29, 0.717) is 30.0 Å². The second-order valence-corrected chi connectivity index (χ2v) is 11.7. The molecule has 0 spiro atoms. The molecule has 0 atom stereocenters. The summed E-state index contributed by atoms with van der Waals surface area (Å²) in [5, 5.41) is 5.96. The van der Waals surface area contributed by atoms with Crippen molar-refractivity contribution in [2.75, 3.05) is 36.2 Å². The van der Waals surface area contributed by atoms with Gasteiger partial charge in [0.2, 0.25) is 0 Å². The third-order valence-corrected chi connectivity index (χ3v) is 7.89. The minimum absolute atomic E-state index is 0.122. The van der Waals surface area contributed by atoms with Gasteiger partial charge in [-0.2, -0.15) is 11.8 Å². The van der Waals surface area contributed by atoms with Gasteiger partial charge in [0.1, 0.15) is 5.75 Å². The highest BCUT2D eigenvalue weighted by Gasteiger charge is 2.13. The molecule has 0 saturated heterocycles. The van der Waals surface area contributed by atoms with E-state index in [1.807, 2.05) is 24.3 Å². The smallest absolute Gasteiger partial charge is 0.255 e. The Bertz CT molecular complexity index is 951. The molecule has 2 aromatic rings. The van der Waals surface area contributed by atoms with Gasteiger partial charge in [-0.3, -0.25) is 9.59 Å². The van der Waals surface area contributed by atoms with Gasteiger partial charge in [-0.05, 0) is 73.1 Å². The third kappa shape index (κ3) is 12.6. The third-order valence-electron chi connectivity index (χ3n) is 6.23. The molecule has 38 heavy (non-hydrogen) atoms. The fourth-order valence-electron chi connectivity index (χ4n) is 4.07. The van der Waals surface area contributed by atoms with Gasteiger partial charge in [-0.15, -0.1) is 11.8 Å². The SMILES string of the molecule is CCCCCCCCCCCOc1ccc(C(=O)Nc2cc(C(=O)NCCCSC)ccc2SCC)cc1. The number of anilines is 1. The van der Waals surface area contributed by atoms with Crippen LogP contribution in [0.1, 0.15) is 98.8 Å². The Kier molecular flexibility index (Phi) is 16.8. The number of hydrogen-bond donors (Lipinski definition) is 2. The Labute approximate surface area is 238 Å². The van der Waals surface area contributed by atoms with Crippen molar-refractivity contribution >= 4 is 41.0 Å². The van der Waals surface area contributed by atoms with Crippen LogP contribution in [0.15, 0.2) is 47.4 Å². The van der Waals surface area contributed by atoms with Crippen LogP contribution in [-0.2, 0) is 0 Å². The molecule has 0 bridgehead atoms. The predicted octanol–water partition coefficient (Wildman–Crippen LogP) is 8.44. The fraction of sp³-hybridized carbons (Fsp3) is 0.548. The van der Waals surface area contributed by atoms with Gasteiger partial charge in [0.25, 0.3) is 11.8 Å². The molecule has 0 fully saturated rings. The second-order valence-electron chi connectivity index (χ2n) is 9.40. The van der Waals surface area contributed by atoms with Crippen molar-refractivity contribution in [2.45, 2.75) is 83.0 Å². The lowest BCUT2D eigenvalue weighted by atomic mass is 10.1. The summed E-state index contributed by atoms with van der Waals surface area (Å²) in [7, 11) is 0. The average molecular weight is 559 g/mol. The number of hydrogen-bond acceptors (Lipinski definition) is 5. The molecule has 7 heteroatoms. The number of carbonyl (C=O) groups excluding carboxylic acids is 2. The van der Waals surface area contributed by atoms with E-state index >= 15 is 0 Å². The topological polar surface area (TPSA) is 67.4 Å². The highest BCUT2D eigenvalue weighted by atomic mass is 32.2. The first-order valence-electron chi connectivity index (χ1n) is 14.2. The van der Waals surface area contributed by atoms with Gasteiger partial charge in [-0.25, -0.2) is 0 Å². The molecule has 2 rings (SSSR count). The zero-order valence-electron chi connectivity index (χ0n) is 23.5. The highest BCUT2D eigenvalue weighted by Crippen LogP contribution is 2.29. The molecule has 2 amide bonds. The molecule has 2 N–H and O–H groups in total. The monoisotopic (exact) mass is 558 g/mol. The summed E-state index contributed by atoms with van der Waals surface area (Å²) in [6.45, 7) is 5.66. The Hall–Kier alpha value is -2.12. The number of ether oxygens (including phenoxy) is 1. The molecular weight excluding hydrogens is 512 g/mol. The zero-order valence-corrected chi connectivity index (χ0v) is 25.1. The number of benzene rings is 2. The average Bonchev–Trinajstić information content (AvgIpc) is 2.93. The van der Waals surface area contributed by atoms with Crippen LogP contribution in [0.5, 0.6) is 5.75 Å². The maximum absolute atomic E-state index is 13.0. The Morgan fingerprint density at radius 1 is 0.789 bits per heavy atom. The Morgan fingerprint density at radius 2 is 1.45 bits per heavy atom. The molecule has 0 aliphatic rings. The molecule has 5 nitrogen and oxygen atoms in total. The van der Waals surface area contributed by atoms with Crippen molar-refractivity contribution in [1.82, 2.24) is 5.32 Å². The van der Waals surface area contributed by atoms with Gasteiger partial charge in [-0.1, -0.05) is 65.2 Å². The van der Waals surface area contributed by atoms with Crippen molar-refractivity contribution in [3.8, 4) is 5.75 Å². The predicted molar refractivity (Wildman–Crippen MR) is 165 cm³/mol. The minimum atomic E-state index is -0.203. The number of unbranched alkanes of at least 4 members (excludes halogenated alkanes) is 8. The van der Waals surface area contributed by atoms with E-state index in [1.54, 1.807) is 41.7 Å². The van der Waals surface area contributed by atoms with Crippen LogP contribution in [0.2, 0.25) is 0 Å². The highest BCUT2D eigenvalue weighted by molar-refractivity contribution is 7.99. The molecule has 0 saturated carbocycles. The standard InChI is InChI=1S/C31H46N2O3S2/c1-4-6-7-8-9-10-11-12-13-22-36-27-18-15-25(16-19-27)31(35)33-28-24-26(17-20-29(28)38-5-2)30(34)32-21-14-23-37-3/h15-20,24H,4-14,21-23H2,1-3H3,(H,32,34)(H,33,35). The van der Waals surface area contributed by atoms with E-state index in [1.165, 1.54) is 51.4 Å². The lowest BCUT2D eigenvalue weighted by molar-refractivity contribution is 0.0952. The molecule has 0 aliphatic carbocycles. The van der Waals surface area contributed by atoms with Crippen LogP contribution in [0, 0.1) is 0 Å². The number of nitrogens with one attached hydrogen (secondary N) is 2. The van der Waals surface area contributed by atoms with E-state index in [-0.39, 0.29) is 11.8 Å². The first-order valence-corrected chi connectivity index (χ1v) is 16.5. The molecule has 0 aromatic heterocycles. The van der Waals surface area contributed by atoms with Crippen molar-refractivity contribution in [3.05, 3.63) is 53.6 Å². The maximum atomic E-state index is 13.0. The maximum Gasteiger partial charge on any atom is 0.255 e. The normalized spacial score (nSPS) is 10.8. The Morgan fingerprint density at radius 3 is 2.11 bits per heavy atom. The second kappa shape index (κ2) is 19.9. The zero-order chi connectivity index (χ0) is 27.4. The van der Waals surface area contributed by atoms with Crippen molar-refractivity contribution in [1.29, 1.82) is 0 Å². The first-order chi connectivity index (χ1) is 18.6. The van der Waals surface area contributed by atoms with Gasteiger partial charge in [0, 0.05) is 22.6 Å². The summed E-state index contributed by atoms with van der Waals surface area (Å²) in [4.78, 5) is 26.5. The number of rotatable bonds is 20. The summed E-state index contributed by atoms with van der Waals surface area (Å²) in [5.41, 5.74) is 1.76. The number of amides is 2. The van der Waals surface area contributed by atoms with Gasteiger partial charge in [0.05, 0.1) is 12.3 Å². The number of thioether (sulfide) groups is 2. The lowest BCUT2D eigenvalue weighted by Crippen LogP contribution is -2.25. The van der Waals surface area contributed by atoms with E-state index in [0.717, 1.165) is 35.0 Å². The van der Waals surface area contributed by atoms with Crippen LogP contribution in [0.25, 0.3) is 0 Å². The molecule has 0 unspecified atom stereocenters. The molecule has 2 aromatic carbocycles. The molecule has 210 valence electrons. The van der Waals surface area contributed by atoms with Crippen LogP contribution >= 0.6 is 23.5 Å². The van der Waals surface area contributed by atoms with Crippen molar-refractivity contribution in [3.63, 3.8) is 0 Å². The van der Waals surface area contributed by atoms with Gasteiger partial charge < -0.3 is 15.4 Å². The molecular formula is C31H46N2O3S2. The van der Waals surface area contributed by atoms with Gasteiger partial charge in [0.15, 0.2) is 0 Å².